The first-order valence-corrected chi connectivity index (χ1v) is 10.2. The first-order chi connectivity index (χ1) is 14.4. The molecule has 1 aromatic carbocycles. The van der Waals surface area contributed by atoms with Crippen LogP contribution in [0.1, 0.15) is 38.5 Å². The van der Waals surface area contributed by atoms with Gasteiger partial charge in [-0.1, -0.05) is 16.8 Å². The van der Waals surface area contributed by atoms with E-state index in [-0.39, 0.29) is 17.3 Å². The minimum atomic E-state index is -1.06. The Balaban J connectivity index is 1.67. The number of nitrogens with zero attached hydrogens (tertiary/aromatic N) is 5. The molecule has 2 fully saturated rings. The van der Waals surface area contributed by atoms with E-state index in [1.165, 1.54) is 0 Å². The molecule has 4 aromatic rings. The number of fused-ring (bicyclic) bond motifs is 3. The highest BCUT2D eigenvalue weighted by atomic mass is 35.5. The quantitative estimate of drug-likeness (QED) is 0.535. The minimum absolute atomic E-state index is 0.151. The molecular weight excluding hydrogens is 410 g/mol. The minimum Gasteiger partial charge on any atom is -0.380 e. The molecule has 1 saturated heterocycles. The summed E-state index contributed by atoms with van der Waals surface area (Å²) in [6, 6.07) is 5.38. The van der Waals surface area contributed by atoms with Gasteiger partial charge in [0, 0.05) is 11.6 Å². The first-order valence-electron chi connectivity index (χ1n) is 9.82. The molecule has 3 aromatic heterocycles. The molecule has 154 valence electrons. The van der Waals surface area contributed by atoms with Gasteiger partial charge in [0.15, 0.2) is 0 Å². The Morgan fingerprint density at radius 1 is 1.23 bits per heavy atom. The van der Waals surface area contributed by atoms with Crippen LogP contribution < -0.4 is 5.56 Å². The Labute approximate surface area is 174 Å². The second kappa shape index (κ2) is 5.90. The zero-order valence-corrected chi connectivity index (χ0v) is 16.9. The number of imidazole rings is 1. The van der Waals surface area contributed by atoms with Crippen LogP contribution in [0.15, 0.2) is 33.8 Å². The van der Waals surface area contributed by atoms with Crippen LogP contribution in [0.4, 0.5) is 0 Å². The molecule has 30 heavy (non-hydrogen) atoms. The highest BCUT2D eigenvalue weighted by Gasteiger charge is 2.48. The summed E-state index contributed by atoms with van der Waals surface area (Å²) in [5, 5.41) is 14.7. The molecule has 1 N–H and O–H groups in total. The van der Waals surface area contributed by atoms with Gasteiger partial charge in [0.05, 0.1) is 11.0 Å². The van der Waals surface area contributed by atoms with Gasteiger partial charge in [-0.25, -0.2) is 4.98 Å². The summed E-state index contributed by atoms with van der Waals surface area (Å²) in [4.78, 5) is 22.5. The highest BCUT2D eigenvalue weighted by Crippen LogP contribution is 2.44. The maximum Gasteiger partial charge on any atom is 0.280 e. The van der Waals surface area contributed by atoms with Gasteiger partial charge in [-0.3, -0.25) is 13.8 Å². The van der Waals surface area contributed by atoms with Crippen LogP contribution in [0.3, 0.4) is 0 Å². The molecule has 1 aliphatic heterocycles. The second-order valence-corrected chi connectivity index (χ2v) is 8.60. The van der Waals surface area contributed by atoms with E-state index in [1.54, 1.807) is 27.4 Å². The Kier molecular flexibility index (Phi) is 3.55. The first kappa shape index (κ1) is 18.1. The Morgan fingerprint density at radius 3 is 2.80 bits per heavy atom. The van der Waals surface area contributed by atoms with Crippen LogP contribution in [-0.4, -0.2) is 35.8 Å². The summed E-state index contributed by atoms with van der Waals surface area (Å²) in [5.41, 5.74) is -0.102. The lowest BCUT2D eigenvalue weighted by molar-refractivity contribution is -0.0447. The second-order valence-electron chi connectivity index (χ2n) is 8.17. The number of aromatic nitrogens is 5. The van der Waals surface area contributed by atoms with Crippen LogP contribution in [0.5, 0.6) is 0 Å². The van der Waals surface area contributed by atoms with E-state index in [9.17, 15) is 9.90 Å². The van der Waals surface area contributed by atoms with Crippen molar-refractivity contribution < 1.29 is 14.4 Å². The summed E-state index contributed by atoms with van der Waals surface area (Å²) in [7, 11) is 0. The van der Waals surface area contributed by atoms with Crippen LogP contribution >= 0.6 is 11.6 Å². The lowest BCUT2D eigenvalue weighted by Gasteiger charge is -2.28. The third kappa shape index (κ3) is 2.43. The fourth-order valence-corrected chi connectivity index (χ4v) is 4.41. The van der Waals surface area contributed by atoms with Crippen molar-refractivity contribution >= 4 is 28.2 Å². The molecule has 1 unspecified atom stereocenters. The van der Waals surface area contributed by atoms with Crippen molar-refractivity contribution in [1.29, 1.82) is 0 Å². The van der Waals surface area contributed by atoms with Crippen LogP contribution in [0.25, 0.3) is 28.1 Å². The normalized spacial score (nSPS) is 22.9. The largest absolute Gasteiger partial charge is 0.380 e. The number of benzene rings is 1. The van der Waals surface area contributed by atoms with E-state index in [4.69, 9.17) is 20.9 Å². The van der Waals surface area contributed by atoms with E-state index < -0.39 is 11.3 Å². The van der Waals surface area contributed by atoms with Crippen LogP contribution in [0, 0.1) is 0 Å². The molecular formula is C20H18ClN5O4. The molecule has 9 nitrogen and oxygen atoms in total. The topological polar surface area (TPSA) is 108 Å². The number of hydrogen-bond donors (Lipinski definition) is 1. The van der Waals surface area contributed by atoms with Gasteiger partial charge in [0.25, 0.3) is 11.4 Å². The zero-order chi connectivity index (χ0) is 20.7. The molecule has 0 spiro atoms. The highest BCUT2D eigenvalue weighted by molar-refractivity contribution is 6.31. The summed E-state index contributed by atoms with van der Waals surface area (Å²) in [6.07, 6.45) is 4.27. The maximum atomic E-state index is 13.8. The average Bonchev–Trinajstić information content (AvgIpc) is 3.15. The van der Waals surface area contributed by atoms with E-state index in [0.29, 0.717) is 47.6 Å². The SMILES string of the molecule is CC1(n2c(=O)c3c(-c4noc(C5(O)CC5)n4)ncn3c3ccc(Cl)cc32)CCCO1. The maximum absolute atomic E-state index is 13.8. The third-order valence-electron chi connectivity index (χ3n) is 6.04. The van der Waals surface area contributed by atoms with Crippen molar-refractivity contribution in [2.24, 2.45) is 0 Å². The van der Waals surface area contributed by atoms with Gasteiger partial charge in [0.1, 0.15) is 28.9 Å². The monoisotopic (exact) mass is 427 g/mol. The number of rotatable bonds is 3. The summed E-state index contributed by atoms with van der Waals surface area (Å²) < 4.78 is 14.6. The van der Waals surface area contributed by atoms with Crippen molar-refractivity contribution in [3.8, 4) is 11.5 Å². The molecule has 6 rings (SSSR count). The van der Waals surface area contributed by atoms with E-state index in [0.717, 1.165) is 11.9 Å². The van der Waals surface area contributed by atoms with Crippen LogP contribution in [-0.2, 0) is 16.1 Å². The molecule has 2 aliphatic rings. The Bertz CT molecular complexity index is 1380. The molecule has 4 heterocycles. The van der Waals surface area contributed by atoms with Crippen molar-refractivity contribution in [2.45, 2.75) is 43.9 Å². The lowest BCUT2D eigenvalue weighted by Crippen LogP contribution is -2.39. The van der Waals surface area contributed by atoms with Gasteiger partial charge < -0.3 is 14.4 Å². The van der Waals surface area contributed by atoms with Gasteiger partial charge in [-0.15, -0.1) is 0 Å². The zero-order valence-electron chi connectivity index (χ0n) is 16.1. The lowest BCUT2D eigenvalue weighted by atomic mass is 10.1. The molecule has 1 saturated carbocycles. The summed E-state index contributed by atoms with van der Waals surface area (Å²) in [5.74, 6) is 0.319. The van der Waals surface area contributed by atoms with E-state index in [1.807, 2.05) is 13.0 Å². The van der Waals surface area contributed by atoms with Crippen molar-refractivity contribution in [3.63, 3.8) is 0 Å². The van der Waals surface area contributed by atoms with E-state index in [2.05, 4.69) is 15.1 Å². The van der Waals surface area contributed by atoms with Gasteiger partial charge in [0.2, 0.25) is 5.82 Å². The number of halogens is 1. The van der Waals surface area contributed by atoms with E-state index >= 15 is 0 Å². The predicted molar refractivity (Wildman–Crippen MR) is 107 cm³/mol. The molecule has 10 heteroatoms. The molecule has 0 amide bonds. The molecule has 1 aliphatic carbocycles. The fraction of sp³-hybridized carbons (Fsp3) is 0.400. The molecule has 1 atom stereocenters. The number of aliphatic hydroxyl groups is 1. The molecule has 0 radical (unpaired) electrons. The summed E-state index contributed by atoms with van der Waals surface area (Å²) >= 11 is 6.26. The fourth-order valence-electron chi connectivity index (χ4n) is 4.25. The molecule has 0 bridgehead atoms. The van der Waals surface area contributed by atoms with Crippen molar-refractivity contribution in [2.75, 3.05) is 6.61 Å². The smallest absolute Gasteiger partial charge is 0.280 e. The average molecular weight is 428 g/mol. The van der Waals surface area contributed by atoms with Gasteiger partial charge in [-0.2, -0.15) is 4.98 Å². The van der Waals surface area contributed by atoms with Crippen molar-refractivity contribution in [3.05, 3.63) is 45.8 Å². The predicted octanol–water partition coefficient (Wildman–Crippen LogP) is 2.82. The third-order valence-corrected chi connectivity index (χ3v) is 6.28. The standard InChI is InChI=1S/C20H18ClN5O4/c1-19(5-2-8-29-19)26-13-9-11(21)3-4-12(13)25-10-22-14(15(25)17(26)27)16-23-18(30-24-16)20(28)6-7-20/h3-4,9-10,28H,2,5-8H2,1H3. The Hall–Kier alpha value is -2.75. The summed E-state index contributed by atoms with van der Waals surface area (Å²) in [6.45, 7) is 2.48. The Morgan fingerprint density at radius 2 is 2.07 bits per heavy atom. The number of hydrogen-bond acceptors (Lipinski definition) is 7. The van der Waals surface area contributed by atoms with Crippen LogP contribution in [0.2, 0.25) is 5.02 Å². The van der Waals surface area contributed by atoms with Gasteiger partial charge >= 0.3 is 0 Å². The number of ether oxygens (including phenoxy) is 1. The van der Waals surface area contributed by atoms with Gasteiger partial charge in [-0.05, 0) is 50.8 Å². The van der Waals surface area contributed by atoms with Crippen molar-refractivity contribution in [1.82, 2.24) is 24.1 Å².